The Morgan fingerprint density at radius 1 is 1.38 bits per heavy atom. The zero-order valence-electron chi connectivity index (χ0n) is 9.25. The van der Waals surface area contributed by atoms with Crippen molar-refractivity contribution in [3.63, 3.8) is 0 Å². The van der Waals surface area contributed by atoms with E-state index in [1.54, 1.807) is 13.0 Å². The van der Waals surface area contributed by atoms with E-state index in [0.29, 0.717) is 5.56 Å². The summed E-state index contributed by atoms with van der Waals surface area (Å²) in [5.41, 5.74) is 6.39. The molecule has 0 aromatic heterocycles. The summed E-state index contributed by atoms with van der Waals surface area (Å²) in [6, 6.07) is 4.12. The number of nitrogens with two attached hydrogens (primary N) is 1. The predicted octanol–water partition coefficient (Wildman–Crippen LogP) is 2.55. The average Bonchev–Trinajstić information content (AvgIpc) is 2.15. The van der Waals surface area contributed by atoms with Gasteiger partial charge in [0.05, 0.1) is 12.2 Å². The van der Waals surface area contributed by atoms with Gasteiger partial charge in [-0.15, -0.1) is 0 Å². The maximum absolute atomic E-state index is 13.6. The van der Waals surface area contributed by atoms with E-state index in [9.17, 15) is 13.2 Å². The largest absolute Gasteiger partial charge is 0.367 e. The lowest BCUT2D eigenvalue weighted by Gasteiger charge is -2.20. The molecule has 5 heteroatoms. The second kappa shape index (κ2) is 5.21. The van der Waals surface area contributed by atoms with E-state index in [1.165, 1.54) is 24.1 Å². The van der Waals surface area contributed by atoms with Crippen LogP contribution in [0.2, 0.25) is 0 Å². The van der Waals surface area contributed by atoms with E-state index in [1.807, 2.05) is 0 Å². The lowest BCUT2D eigenvalue weighted by Crippen LogP contribution is -2.25. The number of rotatable bonds is 4. The summed E-state index contributed by atoms with van der Waals surface area (Å²) in [6.07, 6.45) is -2.49. The fourth-order valence-corrected chi connectivity index (χ4v) is 1.42. The van der Waals surface area contributed by atoms with Gasteiger partial charge in [-0.1, -0.05) is 6.07 Å². The molecule has 1 aromatic carbocycles. The molecule has 0 bridgehead atoms. The molecule has 2 N–H and O–H groups in total. The van der Waals surface area contributed by atoms with E-state index in [0.717, 1.165) is 0 Å². The van der Waals surface area contributed by atoms with Crippen molar-refractivity contribution in [2.24, 2.45) is 5.73 Å². The molecule has 0 radical (unpaired) electrons. The highest BCUT2D eigenvalue weighted by atomic mass is 19.3. The Morgan fingerprint density at radius 3 is 2.44 bits per heavy atom. The van der Waals surface area contributed by atoms with Crippen LogP contribution in [0.25, 0.3) is 0 Å². The van der Waals surface area contributed by atoms with Gasteiger partial charge in [-0.05, 0) is 24.6 Å². The van der Waals surface area contributed by atoms with Crippen LogP contribution in [-0.4, -0.2) is 20.0 Å². The first kappa shape index (κ1) is 12.8. The number of hydrogen-bond donors (Lipinski definition) is 1. The Morgan fingerprint density at radius 2 is 2.00 bits per heavy atom. The van der Waals surface area contributed by atoms with Gasteiger partial charge in [0.1, 0.15) is 5.82 Å². The molecule has 0 saturated carbocycles. The van der Waals surface area contributed by atoms with Crippen molar-refractivity contribution < 1.29 is 13.2 Å². The first-order valence-corrected chi connectivity index (χ1v) is 4.96. The summed E-state index contributed by atoms with van der Waals surface area (Å²) >= 11 is 0. The molecule has 0 aliphatic rings. The van der Waals surface area contributed by atoms with Crippen LogP contribution in [0.4, 0.5) is 18.9 Å². The summed E-state index contributed by atoms with van der Waals surface area (Å²) in [4.78, 5) is 1.19. The fourth-order valence-electron chi connectivity index (χ4n) is 1.42. The molecule has 1 rings (SSSR count). The van der Waals surface area contributed by atoms with Crippen molar-refractivity contribution in [3.8, 4) is 0 Å². The molecular formula is C11H15F3N2. The molecular weight excluding hydrogens is 217 g/mol. The minimum Gasteiger partial charge on any atom is -0.367 e. The van der Waals surface area contributed by atoms with Gasteiger partial charge < -0.3 is 10.6 Å². The predicted molar refractivity (Wildman–Crippen MR) is 58.3 cm³/mol. The second-order valence-electron chi connectivity index (χ2n) is 3.77. The molecule has 0 fully saturated rings. The van der Waals surface area contributed by atoms with Crippen LogP contribution >= 0.6 is 0 Å². The molecule has 90 valence electrons. The molecule has 0 aliphatic carbocycles. The Balaban J connectivity index is 2.90. The third-order valence-corrected chi connectivity index (χ3v) is 2.32. The highest BCUT2D eigenvalue weighted by Crippen LogP contribution is 2.22. The molecule has 16 heavy (non-hydrogen) atoms. The molecule has 0 unspecified atom stereocenters. The first-order chi connectivity index (χ1) is 7.41. The van der Waals surface area contributed by atoms with E-state index in [2.05, 4.69) is 0 Å². The van der Waals surface area contributed by atoms with Gasteiger partial charge in [0.15, 0.2) is 0 Å². The van der Waals surface area contributed by atoms with Crippen LogP contribution in [0.3, 0.4) is 0 Å². The summed E-state index contributed by atoms with van der Waals surface area (Å²) in [6.45, 7) is 1.24. The van der Waals surface area contributed by atoms with E-state index < -0.39 is 18.8 Å². The Labute approximate surface area is 92.9 Å². The number of alkyl halides is 2. The summed E-state index contributed by atoms with van der Waals surface area (Å²) in [5, 5.41) is 0. The zero-order valence-corrected chi connectivity index (χ0v) is 9.25. The van der Waals surface area contributed by atoms with Gasteiger partial charge >= 0.3 is 0 Å². The highest BCUT2D eigenvalue weighted by Gasteiger charge is 2.13. The third kappa shape index (κ3) is 3.13. The Hall–Kier alpha value is -1.23. The summed E-state index contributed by atoms with van der Waals surface area (Å²) < 4.78 is 37.8. The molecule has 0 saturated heterocycles. The van der Waals surface area contributed by atoms with Crippen molar-refractivity contribution in [3.05, 3.63) is 29.6 Å². The van der Waals surface area contributed by atoms with Gasteiger partial charge in [0, 0.05) is 13.1 Å². The Bertz CT molecular complexity index is 353. The summed E-state index contributed by atoms with van der Waals surface area (Å²) in [5.74, 6) is -0.530. The normalized spacial score (nSPS) is 12.9. The molecule has 0 spiro atoms. The van der Waals surface area contributed by atoms with Crippen LogP contribution in [-0.2, 0) is 0 Å². The van der Waals surface area contributed by atoms with E-state index in [4.69, 9.17) is 5.73 Å². The van der Waals surface area contributed by atoms with Gasteiger partial charge in [-0.25, -0.2) is 13.2 Å². The monoisotopic (exact) mass is 232 g/mol. The van der Waals surface area contributed by atoms with Crippen molar-refractivity contribution >= 4 is 5.69 Å². The van der Waals surface area contributed by atoms with Crippen molar-refractivity contribution in [1.82, 2.24) is 0 Å². The number of benzene rings is 1. The molecule has 0 aliphatic heterocycles. The third-order valence-electron chi connectivity index (χ3n) is 2.32. The standard InChI is InChI=1S/C11H15F3N2/c1-7(15)8-3-4-10(9(12)5-8)16(2)6-11(13)14/h3-5,7,11H,6,15H2,1-2H3/t7-/m0/s1. The van der Waals surface area contributed by atoms with Crippen LogP contribution in [0, 0.1) is 5.82 Å². The number of hydrogen-bond acceptors (Lipinski definition) is 2. The minimum atomic E-state index is -2.49. The van der Waals surface area contributed by atoms with Crippen LogP contribution in [0.15, 0.2) is 18.2 Å². The number of nitrogens with zero attached hydrogens (tertiary/aromatic N) is 1. The maximum atomic E-state index is 13.6. The summed E-state index contributed by atoms with van der Waals surface area (Å²) in [7, 11) is 1.43. The zero-order chi connectivity index (χ0) is 12.3. The number of halogens is 3. The smallest absolute Gasteiger partial charge is 0.255 e. The molecule has 2 nitrogen and oxygen atoms in total. The average molecular weight is 232 g/mol. The van der Waals surface area contributed by atoms with E-state index in [-0.39, 0.29) is 11.7 Å². The highest BCUT2D eigenvalue weighted by molar-refractivity contribution is 5.48. The lowest BCUT2D eigenvalue weighted by molar-refractivity contribution is 0.156. The van der Waals surface area contributed by atoms with Crippen LogP contribution in [0.5, 0.6) is 0 Å². The van der Waals surface area contributed by atoms with E-state index >= 15 is 0 Å². The second-order valence-corrected chi connectivity index (χ2v) is 3.77. The molecule has 1 aromatic rings. The van der Waals surface area contributed by atoms with Gasteiger partial charge in [0.2, 0.25) is 0 Å². The van der Waals surface area contributed by atoms with Crippen molar-refractivity contribution in [1.29, 1.82) is 0 Å². The quantitative estimate of drug-likeness (QED) is 0.864. The van der Waals surface area contributed by atoms with Crippen LogP contribution < -0.4 is 10.6 Å². The lowest BCUT2D eigenvalue weighted by atomic mass is 10.1. The van der Waals surface area contributed by atoms with Gasteiger partial charge in [-0.3, -0.25) is 0 Å². The number of anilines is 1. The SMILES string of the molecule is C[C@H](N)c1ccc(N(C)CC(F)F)c(F)c1. The topological polar surface area (TPSA) is 29.3 Å². The maximum Gasteiger partial charge on any atom is 0.255 e. The van der Waals surface area contributed by atoms with Crippen molar-refractivity contribution in [2.45, 2.75) is 19.4 Å². The Kier molecular flexibility index (Phi) is 4.18. The molecule has 0 amide bonds. The molecule has 0 heterocycles. The first-order valence-electron chi connectivity index (χ1n) is 4.96. The fraction of sp³-hybridized carbons (Fsp3) is 0.455. The molecule has 1 atom stereocenters. The van der Waals surface area contributed by atoms with Gasteiger partial charge in [0.25, 0.3) is 6.43 Å². The van der Waals surface area contributed by atoms with Gasteiger partial charge in [-0.2, -0.15) is 0 Å². The van der Waals surface area contributed by atoms with Crippen LogP contribution in [0.1, 0.15) is 18.5 Å². The van der Waals surface area contributed by atoms with Crippen molar-refractivity contribution in [2.75, 3.05) is 18.5 Å². The minimum absolute atomic E-state index is 0.157.